The first-order valence-electron chi connectivity index (χ1n) is 5.91. The fourth-order valence-corrected chi connectivity index (χ4v) is 1.62. The molecule has 0 saturated heterocycles. The van der Waals surface area contributed by atoms with Crippen LogP contribution in [0, 0.1) is 6.92 Å². The average molecular weight is 253 g/mol. The number of hydrogen-bond acceptors (Lipinski definition) is 2. The molecule has 0 bridgehead atoms. The fraction of sp³-hybridized carbons (Fsp3) is 0.0667. The van der Waals surface area contributed by atoms with Gasteiger partial charge in [0.05, 0.1) is 0 Å². The van der Waals surface area contributed by atoms with E-state index in [0.717, 1.165) is 11.1 Å². The number of nitrogens with two attached hydrogens (primary N) is 1. The van der Waals surface area contributed by atoms with Crippen molar-refractivity contribution in [1.29, 1.82) is 0 Å². The van der Waals surface area contributed by atoms with Crippen LogP contribution in [0.3, 0.4) is 0 Å². The third-order valence-electron chi connectivity index (χ3n) is 2.58. The summed E-state index contributed by atoms with van der Waals surface area (Å²) in [6.45, 7) is 2.05. The third-order valence-corrected chi connectivity index (χ3v) is 2.58. The number of aryl methyl sites for hydroxylation is 1. The maximum atomic E-state index is 10.7. The second kappa shape index (κ2) is 5.82. The molecule has 4 heteroatoms. The van der Waals surface area contributed by atoms with Crippen molar-refractivity contribution >= 4 is 24.0 Å². The fourth-order valence-electron chi connectivity index (χ4n) is 1.62. The zero-order chi connectivity index (χ0) is 13.7. The summed E-state index contributed by atoms with van der Waals surface area (Å²) in [6, 6.07) is 11.2. The minimum absolute atomic E-state index is 0.443. The predicted molar refractivity (Wildman–Crippen MR) is 77.6 cm³/mol. The maximum Gasteiger partial charge on any atom is 0.317 e. The van der Waals surface area contributed by atoms with Crippen molar-refractivity contribution in [2.75, 3.05) is 5.32 Å². The van der Waals surface area contributed by atoms with E-state index in [1.807, 2.05) is 18.2 Å². The Morgan fingerprint density at radius 1 is 1.16 bits per heavy atom. The number of primary amides is 1. The number of nitrogens with zero attached hydrogens (tertiary/aromatic N) is 1. The number of benzene rings is 1. The van der Waals surface area contributed by atoms with Gasteiger partial charge in [0.1, 0.15) is 5.82 Å². The topological polar surface area (TPSA) is 68.0 Å². The Labute approximate surface area is 112 Å². The van der Waals surface area contributed by atoms with Gasteiger partial charge in [0.2, 0.25) is 0 Å². The van der Waals surface area contributed by atoms with E-state index >= 15 is 0 Å². The summed E-state index contributed by atoms with van der Waals surface area (Å²) in [4.78, 5) is 14.7. The number of aromatic nitrogens is 1. The molecule has 2 aromatic rings. The summed E-state index contributed by atoms with van der Waals surface area (Å²) < 4.78 is 0. The van der Waals surface area contributed by atoms with Crippen molar-refractivity contribution in [2.24, 2.45) is 5.73 Å². The lowest BCUT2D eigenvalue weighted by molar-refractivity contribution is 0.259. The summed E-state index contributed by atoms with van der Waals surface area (Å²) in [7, 11) is 0. The molecule has 2 rings (SSSR count). The van der Waals surface area contributed by atoms with Gasteiger partial charge in [-0.15, -0.1) is 0 Å². The second-order valence-electron chi connectivity index (χ2n) is 4.21. The van der Waals surface area contributed by atoms with Crippen molar-refractivity contribution in [1.82, 2.24) is 4.98 Å². The van der Waals surface area contributed by atoms with E-state index in [2.05, 4.69) is 41.5 Å². The van der Waals surface area contributed by atoms with Gasteiger partial charge >= 0.3 is 6.03 Å². The first-order chi connectivity index (χ1) is 9.13. The number of carbonyl (C=O) groups excluding carboxylic acids is 1. The van der Waals surface area contributed by atoms with Gasteiger partial charge in [-0.1, -0.05) is 42.0 Å². The zero-order valence-corrected chi connectivity index (χ0v) is 10.6. The highest BCUT2D eigenvalue weighted by Crippen LogP contribution is 2.11. The first kappa shape index (κ1) is 12.8. The van der Waals surface area contributed by atoms with Crippen LogP contribution in [0.4, 0.5) is 10.6 Å². The molecule has 0 fully saturated rings. The van der Waals surface area contributed by atoms with E-state index in [1.165, 1.54) is 5.56 Å². The predicted octanol–water partition coefficient (Wildman–Crippen LogP) is 3.05. The van der Waals surface area contributed by atoms with E-state index in [-0.39, 0.29) is 0 Å². The van der Waals surface area contributed by atoms with E-state index in [0.29, 0.717) is 5.82 Å². The van der Waals surface area contributed by atoms with Crippen molar-refractivity contribution in [2.45, 2.75) is 6.92 Å². The maximum absolute atomic E-state index is 10.7. The summed E-state index contributed by atoms with van der Waals surface area (Å²) >= 11 is 0. The molecule has 0 aliphatic heterocycles. The molecule has 96 valence electrons. The van der Waals surface area contributed by atoms with Crippen LogP contribution in [-0.2, 0) is 0 Å². The molecule has 19 heavy (non-hydrogen) atoms. The Balaban J connectivity index is 2.14. The van der Waals surface area contributed by atoms with Crippen LogP contribution in [-0.4, -0.2) is 11.0 Å². The van der Waals surface area contributed by atoms with Crippen LogP contribution in [0.2, 0.25) is 0 Å². The van der Waals surface area contributed by atoms with Crippen molar-refractivity contribution < 1.29 is 4.79 Å². The molecular formula is C15H15N3O. The van der Waals surface area contributed by atoms with E-state index < -0.39 is 6.03 Å². The number of amides is 2. The lowest BCUT2D eigenvalue weighted by Gasteiger charge is -2.01. The summed E-state index contributed by atoms with van der Waals surface area (Å²) in [5.41, 5.74) is 8.34. The number of rotatable bonds is 3. The van der Waals surface area contributed by atoms with Gasteiger partial charge in [-0.25, -0.2) is 9.78 Å². The number of pyridine rings is 1. The Bertz CT molecular complexity index is 603. The van der Waals surface area contributed by atoms with Crippen LogP contribution < -0.4 is 11.1 Å². The Morgan fingerprint density at radius 2 is 1.84 bits per heavy atom. The summed E-state index contributed by atoms with van der Waals surface area (Å²) in [5, 5.41) is 2.44. The van der Waals surface area contributed by atoms with Crippen molar-refractivity contribution in [3.63, 3.8) is 0 Å². The molecule has 0 radical (unpaired) electrons. The molecular weight excluding hydrogens is 238 g/mol. The average Bonchev–Trinajstić information content (AvgIpc) is 2.38. The van der Waals surface area contributed by atoms with E-state index in [1.54, 1.807) is 12.3 Å². The molecule has 3 N–H and O–H groups in total. The quantitative estimate of drug-likeness (QED) is 0.882. The van der Waals surface area contributed by atoms with Crippen LogP contribution in [0.1, 0.15) is 16.7 Å². The van der Waals surface area contributed by atoms with E-state index in [4.69, 9.17) is 5.73 Å². The highest BCUT2D eigenvalue weighted by molar-refractivity contribution is 5.87. The van der Waals surface area contributed by atoms with Gasteiger partial charge in [-0.3, -0.25) is 5.32 Å². The Hall–Kier alpha value is -2.62. The normalized spacial score (nSPS) is 10.6. The van der Waals surface area contributed by atoms with E-state index in [9.17, 15) is 4.79 Å². The van der Waals surface area contributed by atoms with Gasteiger partial charge in [0.25, 0.3) is 0 Å². The van der Waals surface area contributed by atoms with Crippen LogP contribution >= 0.6 is 0 Å². The zero-order valence-electron chi connectivity index (χ0n) is 10.6. The molecule has 0 aliphatic rings. The lowest BCUT2D eigenvalue weighted by Crippen LogP contribution is -2.19. The minimum Gasteiger partial charge on any atom is -0.351 e. The molecule has 1 aromatic carbocycles. The molecule has 1 aromatic heterocycles. The molecule has 2 amide bonds. The highest BCUT2D eigenvalue weighted by Gasteiger charge is 1.97. The number of carbonyl (C=O) groups is 1. The molecule has 0 unspecified atom stereocenters. The molecule has 0 spiro atoms. The molecule has 1 heterocycles. The minimum atomic E-state index is -0.618. The van der Waals surface area contributed by atoms with Gasteiger partial charge in [-0.05, 0) is 30.2 Å². The number of nitrogens with one attached hydrogen (secondary N) is 1. The van der Waals surface area contributed by atoms with Crippen LogP contribution in [0.15, 0.2) is 42.6 Å². The number of hydrogen-bond donors (Lipinski definition) is 2. The SMILES string of the molecule is Cc1ccc(C=Cc2ccnc(NC(N)=O)c2)cc1. The largest absolute Gasteiger partial charge is 0.351 e. The van der Waals surface area contributed by atoms with Crippen LogP contribution in [0.5, 0.6) is 0 Å². The van der Waals surface area contributed by atoms with Gasteiger partial charge < -0.3 is 5.73 Å². The van der Waals surface area contributed by atoms with Crippen LogP contribution in [0.25, 0.3) is 12.2 Å². The van der Waals surface area contributed by atoms with Gasteiger partial charge in [-0.2, -0.15) is 0 Å². The molecule has 0 saturated carbocycles. The molecule has 4 nitrogen and oxygen atoms in total. The first-order valence-corrected chi connectivity index (χ1v) is 5.91. The summed E-state index contributed by atoms with van der Waals surface area (Å²) in [6.07, 6.45) is 5.58. The molecule has 0 aliphatic carbocycles. The number of anilines is 1. The van der Waals surface area contributed by atoms with Gasteiger partial charge in [0, 0.05) is 6.20 Å². The molecule has 0 atom stereocenters. The lowest BCUT2D eigenvalue weighted by atomic mass is 10.1. The van der Waals surface area contributed by atoms with Crippen molar-refractivity contribution in [3.8, 4) is 0 Å². The third kappa shape index (κ3) is 3.96. The Morgan fingerprint density at radius 3 is 2.53 bits per heavy atom. The van der Waals surface area contributed by atoms with Crippen molar-refractivity contribution in [3.05, 3.63) is 59.3 Å². The highest BCUT2D eigenvalue weighted by atomic mass is 16.2. The number of urea groups is 1. The standard InChI is InChI=1S/C15H15N3O/c1-11-2-4-12(5-3-11)6-7-13-8-9-17-14(10-13)18-15(16)19/h2-10H,1H3,(H3,16,17,18,19). The van der Waals surface area contributed by atoms with Gasteiger partial charge in [0.15, 0.2) is 0 Å². The second-order valence-corrected chi connectivity index (χ2v) is 4.21. The smallest absolute Gasteiger partial charge is 0.317 e. The monoisotopic (exact) mass is 253 g/mol. The Kier molecular flexibility index (Phi) is 3.93. The summed E-state index contributed by atoms with van der Waals surface area (Å²) in [5.74, 6) is 0.443.